The van der Waals surface area contributed by atoms with Crippen LogP contribution in [0.1, 0.15) is 10.4 Å². The van der Waals surface area contributed by atoms with Crippen molar-refractivity contribution >= 4 is 21.8 Å². The van der Waals surface area contributed by atoms with Crippen LogP contribution in [0.4, 0.5) is 4.39 Å². The molecule has 0 aliphatic heterocycles. The third-order valence-electron chi connectivity index (χ3n) is 2.61. The van der Waals surface area contributed by atoms with Crippen LogP contribution in [0.5, 0.6) is 5.75 Å². The van der Waals surface area contributed by atoms with Crippen molar-refractivity contribution in [3.63, 3.8) is 0 Å². The molecule has 19 heavy (non-hydrogen) atoms. The Kier molecular flexibility index (Phi) is 6.80. The fraction of sp³-hybridized carbons (Fsp3) is 0.462. The molecule has 0 saturated carbocycles. The maximum absolute atomic E-state index is 13.8. The summed E-state index contributed by atoms with van der Waals surface area (Å²) in [6.07, 6.45) is 0. The molecule has 0 aliphatic rings. The summed E-state index contributed by atoms with van der Waals surface area (Å²) in [7, 11) is 3.01. The van der Waals surface area contributed by atoms with E-state index in [1.807, 2.05) is 0 Å². The molecule has 1 rings (SSSR count). The molecule has 0 unspecified atom stereocenters. The molecule has 1 amide bonds. The van der Waals surface area contributed by atoms with E-state index >= 15 is 0 Å². The van der Waals surface area contributed by atoms with Gasteiger partial charge in [0, 0.05) is 31.6 Å². The van der Waals surface area contributed by atoms with Crippen LogP contribution in [0.25, 0.3) is 0 Å². The first-order chi connectivity index (χ1) is 9.13. The van der Waals surface area contributed by atoms with Crippen LogP contribution in [-0.4, -0.2) is 50.1 Å². The summed E-state index contributed by atoms with van der Waals surface area (Å²) < 4.78 is 23.7. The highest BCUT2D eigenvalue weighted by Crippen LogP contribution is 2.17. The van der Waals surface area contributed by atoms with E-state index in [1.165, 1.54) is 19.2 Å². The number of hydrogen-bond acceptors (Lipinski definition) is 3. The van der Waals surface area contributed by atoms with Gasteiger partial charge in [0.1, 0.15) is 11.6 Å². The molecule has 0 N–H and O–H groups in total. The van der Waals surface area contributed by atoms with E-state index in [9.17, 15) is 9.18 Å². The SMILES string of the molecule is COCCN(CCBr)C(=O)c1ccc(OC)cc1F. The highest BCUT2D eigenvalue weighted by Gasteiger charge is 2.19. The Hall–Kier alpha value is -1.14. The van der Waals surface area contributed by atoms with Gasteiger partial charge in [0.25, 0.3) is 5.91 Å². The van der Waals surface area contributed by atoms with Crippen LogP contribution in [0, 0.1) is 5.82 Å². The van der Waals surface area contributed by atoms with E-state index in [0.717, 1.165) is 0 Å². The van der Waals surface area contributed by atoms with E-state index in [1.54, 1.807) is 18.1 Å². The van der Waals surface area contributed by atoms with E-state index in [0.29, 0.717) is 30.8 Å². The molecule has 0 saturated heterocycles. The van der Waals surface area contributed by atoms with Crippen LogP contribution in [-0.2, 0) is 4.74 Å². The number of ether oxygens (including phenoxy) is 2. The first kappa shape index (κ1) is 15.9. The van der Waals surface area contributed by atoms with Gasteiger partial charge in [0.05, 0.1) is 19.3 Å². The van der Waals surface area contributed by atoms with Gasteiger partial charge in [-0.25, -0.2) is 4.39 Å². The van der Waals surface area contributed by atoms with Crippen molar-refractivity contribution in [3.8, 4) is 5.75 Å². The third-order valence-corrected chi connectivity index (χ3v) is 2.97. The molecule has 0 fully saturated rings. The first-order valence-corrected chi connectivity index (χ1v) is 6.94. The zero-order chi connectivity index (χ0) is 14.3. The number of carbonyl (C=O) groups excluding carboxylic acids is 1. The van der Waals surface area contributed by atoms with Gasteiger partial charge in [-0.2, -0.15) is 0 Å². The quantitative estimate of drug-likeness (QED) is 0.719. The summed E-state index contributed by atoms with van der Waals surface area (Å²) in [4.78, 5) is 13.8. The molecule has 0 bridgehead atoms. The minimum Gasteiger partial charge on any atom is -0.497 e. The molecule has 0 aliphatic carbocycles. The molecule has 1 aromatic rings. The van der Waals surface area contributed by atoms with Gasteiger partial charge in [0.15, 0.2) is 0 Å². The largest absolute Gasteiger partial charge is 0.497 e. The Labute approximate surface area is 120 Å². The van der Waals surface area contributed by atoms with E-state index < -0.39 is 5.82 Å². The zero-order valence-electron chi connectivity index (χ0n) is 11.0. The van der Waals surface area contributed by atoms with Gasteiger partial charge < -0.3 is 14.4 Å². The van der Waals surface area contributed by atoms with Gasteiger partial charge >= 0.3 is 0 Å². The number of amides is 1. The highest BCUT2D eigenvalue weighted by molar-refractivity contribution is 9.09. The van der Waals surface area contributed by atoms with E-state index in [-0.39, 0.29) is 11.5 Å². The molecule has 1 aromatic carbocycles. The van der Waals surface area contributed by atoms with Crippen molar-refractivity contribution in [2.24, 2.45) is 0 Å². The molecule has 0 spiro atoms. The van der Waals surface area contributed by atoms with Gasteiger partial charge in [-0.15, -0.1) is 0 Å². The van der Waals surface area contributed by atoms with Crippen molar-refractivity contribution in [1.82, 2.24) is 4.90 Å². The summed E-state index contributed by atoms with van der Waals surface area (Å²) in [6, 6.07) is 4.21. The molecule has 6 heteroatoms. The van der Waals surface area contributed by atoms with Crippen LogP contribution in [0.3, 0.4) is 0 Å². The summed E-state index contributed by atoms with van der Waals surface area (Å²) in [5.41, 5.74) is 0.0397. The zero-order valence-corrected chi connectivity index (χ0v) is 12.6. The van der Waals surface area contributed by atoms with Crippen molar-refractivity contribution < 1.29 is 18.7 Å². The van der Waals surface area contributed by atoms with Crippen molar-refractivity contribution in [1.29, 1.82) is 0 Å². The number of hydrogen-bond donors (Lipinski definition) is 0. The maximum atomic E-state index is 13.8. The Bertz CT molecular complexity index is 428. The summed E-state index contributed by atoms with van der Waals surface area (Å²) >= 11 is 3.28. The topological polar surface area (TPSA) is 38.8 Å². The Balaban J connectivity index is 2.89. The van der Waals surface area contributed by atoms with Crippen LogP contribution in [0.2, 0.25) is 0 Å². The van der Waals surface area contributed by atoms with Gasteiger partial charge in [-0.05, 0) is 12.1 Å². The third kappa shape index (κ3) is 4.47. The highest BCUT2D eigenvalue weighted by atomic mass is 79.9. The lowest BCUT2D eigenvalue weighted by Crippen LogP contribution is -2.35. The van der Waals surface area contributed by atoms with Crippen LogP contribution < -0.4 is 4.74 Å². The second-order valence-electron chi connectivity index (χ2n) is 3.82. The van der Waals surface area contributed by atoms with Gasteiger partial charge in [-0.1, -0.05) is 15.9 Å². The Morgan fingerprint density at radius 2 is 2.11 bits per heavy atom. The number of nitrogens with zero attached hydrogens (tertiary/aromatic N) is 1. The summed E-state index contributed by atoms with van der Waals surface area (Å²) in [5.74, 6) is -0.545. The lowest BCUT2D eigenvalue weighted by atomic mass is 10.1. The summed E-state index contributed by atoms with van der Waals surface area (Å²) in [5, 5.41) is 0.625. The van der Waals surface area contributed by atoms with E-state index in [2.05, 4.69) is 15.9 Å². The lowest BCUT2D eigenvalue weighted by Gasteiger charge is -2.21. The van der Waals surface area contributed by atoms with Crippen molar-refractivity contribution in [3.05, 3.63) is 29.6 Å². The average Bonchev–Trinajstić information content (AvgIpc) is 2.42. The minimum atomic E-state index is -0.582. The lowest BCUT2D eigenvalue weighted by molar-refractivity contribution is 0.0704. The maximum Gasteiger partial charge on any atom is 0.256 e. The molecular weight excluding hydrogens is 317 g/mol. The predicted molar refractivity (Wildman–Crippen MR) is 74.5 cm³/mol. The number of halogens is 2. The second kappa shape index (κ2) is 8.12. The molecular formula is C13H17BrFNO3. The number of methoxy groups -OCH3 is 2. The normalized spacial score (nSPS) is 10.3. The standard InChI is InChI=1S/C13H17BrFNO3/c1-18-8-7-16(6-5-14)13(17)11-4-3-10(19-2)9-12(11)15/h3-4,9H,5-8H2,1-2H3. The van der Waals surface area contributed by atoms with Crippen LogP contribution in [0.15, 0.2) is 18.2 Å². The number of carbonyl (C=O) groups is 1. The van der Waals surface area contributed by atoms with Crippen LogP contribution >= 0.6 is 15.9 Å². The minimum absolute atomic E-state index is 0.0397. The molecule has 0 radical (unpaired) electrons. The van der Waals surface area contributed by atoms with Crippen molar-refractivity contribution in [2.45, 2.75) is 0 Å². The molecule has 106 valence electrons. The van der Waals surface area contributed by atoms with Gasteiger partial charge in [0.2, 0.25) is 0 Å². The number of benzene rings is 1. The first-order valence-electron chi connectivity index (χ1n) is 5.81. The Morgan fingerprint density at radius 3 is 2.63 bits per heavy atom. The monoisotopic (exact) mass is 333 g/mol. The smallest absolute Gasteiger partial charge is 0.256 e. The molecule has 4 nitrogen and oxygen atoms in total. The number of rotatable bonds is 7. The number of alkyl halides is 1. The molecule has 0 aromatic heterocycles. The molecule has 0 heterocycles. The van der Waals surface area contributed by atoms with Gasteiger partial charge in [-0.3, -0.25) is 4.79 Å². The second-order valence-corrected chi connectivity index (χ2v) is 4.61. The predicted octanol–water partition coefficient (Wildman–Crippen LogP) is 2.32. The fourth-order valence-corrected chi connectivity index (χ4v) is 2.01. The van der Waals surface area contributed by atoms with E-state index in [4.69, 9.17) is 9.47 Å². The Morgan fingerprint density at radius 1 is 1.37 bits per heavy atom. The summed E-state index contributed by atoms with van der Waals surface area (Å²) in [6.45, 7) is 1.33. The van der Waals surface area contributed by atoms with Crippen molar-refractivity contribution in [2.75, 3.05) is 39.2 Å². The molecule has 0 atom stereocenters. The average molecular weight is 334 g/mol. The fourth-order valence-electron chi connectivity index (χ4n) is 1.58.